The summed E-state index contributed by atoms with van der Waals surface area (Å²) in [5.74, 6) is -0.947. The van der Waals surface area contributed by atoms with E-state index in [0.29, 0.717) is 78.4 Å². The van der Waals surface area contributed by atoms with Crippen LogP contribution in [0.15, 0.2) is 104 Å². The summed E-state index contributed by atoms with van der Waals surface area (Å²) in [5.41, 5.74) is 1.36. The van der Waals surface area contributed by atoms with E-state index in [1.807, 2.05) is 43.2 Å². The van der Waals surface area contributed by atoms with Crippen molar-refractivity contribution in [2.75, 3.05) is 44.9 Å². The lowest BCUT2D eigenvalue weighted by Gasteiger charge is -2.31. The number of hydrogen-bond acceptors (Lipinski definition) is 16. The highest BCUT2D eigenvalue weighted by Crippen LogP contribution is 2.54. The second-order valence-electron chi connectivity index (χ2n) is 16.9. The third-order valence-electron chi connectivity index (χ3n) is 12.3. The minimum absolute atomic E-state index is 0.0392. The molecular formula is C45H49N2O16S4-3. The quantitative estimate of drug-likeness (QED) is 0.0496. The molecule has 67 heavy (non-hydrogen) atoms. The van der Waals surface area contributed by atoms with Gasteiger partial charge < -0.3 is 37.7 Å². The zero-order valence-electron chi connectivity index (χ0n) is 37.2. The number of fused-ring (bicyclic) bond motifs is 6. The molecule has 6 rings (SSSR count). The predicted molar refractivity (Wildman–Crippen MR) is 243 cm³/mol. The lowest BCUT2D eigenvalue weighted by Crippen LogP contribution is -2.30. The molecule has 0 aromatic heterocycles. The topological polar surface area (TPSA) is 291 Å². The molecule has 0 radical (unpaired) electrons. The first-order valence-corrected chi connectivity index (χ1v) is 26.6. The number of carbonyl (C=O) groups is 1. The molecule has 4 aromatic rings. The molecule has 0 spiro atoms. The molecule has 2 aliphatic rings. The molecule has 0 bridgehead atoms. The lowest BCUT2D eigenvalue weighted by atomic mass is 9.76. The third kappa shape index (κ3) is 10.4. The highest BCUT2D eigenvalue weighted by molar-refractivity contribution is 7.87. The van der Waals surface area contributed by atoms with Gasteiger partial charge in [-0.05, 0) is 111 Å². The van der Waals surface area contributed by atoms with E-state index in [1.54, 1.807) is 36.4 Å². The van der Waals surface area contributed by atoms with Crippen LogP contribution in [-0.4, -0.2) is 113 Å². The van der Waals surface area contributed by atoms with Crippen molar-refractivity contribution in [1.29, 1.82) is 0 Å². The summed E-state index contributed by atoms with van der Waals surface area (Å²) in [4.78, 5) is 9.76. The smallest absolute Gasteiger partial charge is 0.303 e. The van der Waals surface area contributed by atoms with Crippen molar-refractivity contribution in [3.63, 3.8) is 0 Å². The van der Waals surface area contributed by atoms with Gasteiger partial charge in [-0.15, -0.1) is 0 Å². The Labute approximate surface area is 389 Å². The van der Waals surface area contributed by atoms with E-state index in [1.165, 1.54) is 19.2 Å². The summed E-state index contributed by atoms with van der Waals surface area (Å²) in [7, 11) is -19.5. The Morgan fingerprint density at radius 1 is 0.716 bits per heavy atom. The fourth-order valence-electron chi connectivity index (χ4n) is 9.28. The molecule has 0 amide bonds. The highest BCUT2D eigenvalue weighted by Gasteiger charge is 2.46. The van der Waals surface area contributed by atoms with Gasteiger partial charge in [0.15, 0.2) is 5.71 Å². The maximum absolute atomic E-state index is 12.6. The maximum Gasteiger partial charge on any atom is 0.303 e. The number of carboxylic acid groups (broad SMARTS) is 1. The van der Waals surface area contributed by atoms with Crippen LogP contribution in [0, 0.1) is 0 Å². The minimum Gasteiger partial charge on any atom is -0.744 e. The van der Waals surface area contributed by atoms with Crippen molar-refractivity contribution < 1.29 is 75.8 Å². The molecular weight excluding hydrogens is 953 g/mol. The van der Waals surface area contributed by atoms with Gasteiger partial charge in [-0.1, -0.05) is 30.7 Å². The second kappa shape index (κ2) is 19.3. The van der Waals surface area contributed by atoms with Crippen molar-refractivity contribution >= 4 is 85.1 Å². The van der Waals surface area contributed by atoms with E-state index in [4.69, 9.17) is 9.47 Å². The molecule has 0 saturated carbocycles. The number of ether oxygens (including phenoxy) is 2. The van der Waals surface area contributed by atoms with Gasteiger partial charge >= 0.3 is 5.97 Å². The Hall–Kier alpha value is -4.88. The zero-order chi connectivity index (χ0) is 49.5. The molecule has 1 atom stereocenters. The van der Waals surface area contributed by atoms with E-state index >= 15 is 0 Å². The largest absolute Gasteiger partial charge is 0.744 e. The molecule has 1 unspecified atom stereocenters. The van der Waals surface area contributed by atoms with E-state index in [9.17, 15) is 61.8 Å². The van der Waals surface area contributed by atoms with Gasteiger partial charge in [0.25, 0.3) is 0 Å². The number of anilines is 1. The van der Waals surface area contributed by atoms with E-state index in [-0.39, 0.29) is 54.2 Å². The average Bonchev–Trinajstić information content (AvgIpc) is 3.60. The summed E-state index contributed by atoms with van der Waals surface area (Å²) in [6.07, 6.45) is 10.4. The van der Waals surface area contributed by atoms with Gasteiger partial charge in [0, 0.05) is 66.6 Å². The van der Waals surface area contributed by atoms with Crippen LogP contribution in [0.2, 0.25) is 0 Å². The van der Waals surface area contributed by atoms with Crippen molar-refractivity contribution in [1.82, 2.24) is 0 Å². The van der Waals surface area contributed by atoms with Crippen LogP contribution >= 0.6 is 0 Å². The van der Waals surface area contributed by atoms with Crippen LogP contribution in [0.1, 0.15) is 70.9 Å². The molecule has 0 saturated heterocycles. The molecule has 1 N–H and O–H groups in total. The summed E-state index contributed by atoms with van der Waals surface area (Å²) < 4.78 is 162. The van der Waals surface area contributed by atoms with Crippen molar-refractivity contribution in [3.05, 3.63) is 95.7 Å². The molecule has 0 aliphatic carbocycles. The monoisotopic (exact) mass is 1000 g/mol. The zero-order valence-corrected chi connectivity index (χ0v) is 40.4. The number of methoxy groups -OCH3 is 1. The number of carboxylic acids is 1. The van der Waals surface area contributed by atoms with Gasteiger partial charge in [-0.2, -0.15) is 4.58 Å². The standard InChI is InChI=1S/C45H52N2O16S4/c1-6-46-35-18-16-31-33(25-29(64(50,51)52)27-37(31)66(56,57)58)42(35)44(2,3)39(46)13-9-7-10-14-40-45(4,20-22-63-24-23-62-5)43-34-26-30(65(53,54)55)28-38(67(59,60)61)32(34)17-19-36(43)47(40)21-12-8-11-15-41(48)49/h7,9-10,13-14,16-19,25-28H,6,8,11-12,15,20-24H2,1-5H3,(H4-,48,49,50,51,52,53,54,55,56,57,58,59,60,61)/p-3. The predicted octanol–water partition coefficient (Wildman–Crippen LogP) is 5.48. The number of aliphatic carboxylic acids is 1. The van der Waals surface area contributed by atoms with Gasteiger partial charge in [0.2, 0.25) is 5.69 Å². The average molecular weight is 1000 g/mol. The summed E-state index contributed by atoms with van der Waals surface area (Å²) in [5, 5.41) is 9.28. The number of allylic oxidation sites excluding steroid dienone is 6. The molecule has 0 fully saturated rings. The Kier molecular flexibility index (Phi) is 14.8. The number of nitrogens with zero attached hydrogens (tertiary/aromatic N) is 2. The summed E-state index contributed by atoms with van der Waals surface area (Å²) >= 11 is 0. The molecule has 2 aliphatic heterocycles. The van der Waals surface area contributed by atoms with Gasteiger partial charge in [-0.3, -0.25) is 4.79 Å². The Morgan fingerprint density at radius 3 is 1.84 bits per heavy atom. The lowest BCUT2D eigenvalue weighted by molar-refractivity contribution is -0.433. The Bertz CT molecular complexity index is 3250. The maximum atomic E-state index is 12.6. The number of hydrogen-bond donors (Lipinski definition) is 1. The first-order chi connectivity index (χ1) is 31.2. The SMILES string of the molecule is CC[N+]1=C(/C=C/C=C/C=C2/N(CCCCCC(=O)O)c3ccc4c(S(=O)(=O)[O-])cc(S(=O)(=O)[O-])cc4c3C2(C)CCOCCOC)C(C)(C)c2c1ccc1c(S(=O)(=O)[O-])cc(S(=O)(=O)[O-])cc21. The normalized spacial score (nSPS) is 18.3. The van der Waals surface area contributed by atoms with E-state index in [0.717, 1.165) is 12.1 Å². The Balaban J connectivity index is 1.49. The number of unbranched alkanes of at least 4 members (excludes halogenated alkanes) is 2. The van der Waals surface area contributed by atoms with Crippen LogP contribution in [0.4, 0.5) is 11.4 Å². The van der Waals surface area contributed by atoms with Crippen molar-refractivity contribution in [3.8, 4) is 0 Å². The van der Waals surface area contributed by atoms with Crippen LogP contribution in [0.5, 0.6) is 0 Å². The number of rotatable bonds is 20. The van der Waals surface area contributed by atoms with Crippen molar-refractivity contribution in [2.45, 2.75) is 90.2 Å². The molecule has 18 nitrogen and oxygen atoms in total. The highest BCUT2D eigenvalue weighted by atomic mass is 32.2. The van der Waals surface area contributed by atoms with Gasteiger partial charge in [0.05, 0.1) is 38.2 Å². The number of benzene rings is 4. The van der Waals surface area contributed by atoms with Gasteiger partial charge in [-0.25, -0.2) is 33.7 Å². The molecule has 22 heteroatoms. The van der Waals surface area contributed by atoms with Crippen molar-refractivity contribution in [2.24, 2.45) is 0 Å². The van der Waals surface area contributed by atoms with Crippen LogP contribution in [0.25, 0.3) is 21.5 Å². The minimum atomic E-state index is -5.30. The molecule has 2 heterocycles. The molecule has 4 aromatic carbocycles. The Morgan fingerprint density at radius 2 is 1.30 bits per heavy atom. The first kappa shape index (κ1) is 51.5. The fraction of sp³-hybridized carbons (Fsp3) is 0.378. The summed E-state index contributed by atoms with van der Waals surface area (Å²) in [6, 6.07) is 9.34. The third-order valence-corrected chi connectivity index (χ3v) is 15.6. The van der Waals surface area contributed by atoms with Crippen LogP contribution in [-0.2, 0) is 65.6 Å². The first-order valence-electron chi connectivity index (χ1n) is 21.0. The van der Waals surface area contributed by atoms with Gasteiger partial charge in [0.1, 0.15) is 47.0 Å². The van der Waals surface area contributed by atoms with Crippen LogP contribution < -0.4 is 4.90 Å². The van der Waals surface area contributed by atoms with E-state index < -0.39 is 76.9 Å². The second-order valence-corrected chi connectivity index (χ2v) is 22.3. The summed E-state index contributed by atoms with van der Waals surface area (Å²) in [6.45, 7) is 8.76. The molecule has 362 valence electrons. The van der Waals surface area contributed by atoms with E-state index in [2.05, 4.69) is 0 Å². The van der Waals surface area contributed by atoms with Crippen LogP contribution in [0.3, 0.4) is 0 Å². The fourth-order valence-corrected chi connectivity index (χ4v) is 11.9.